The second-order valence-electron chi connectivity index (χ2n) is 5.02. The number of hydrogen-bond acceptors (Lipinski definition) is 3. The van der Waals surface area contributed by atoms with Gasteiger partial charge >= 0.3 is 6.18 Å². The number of carbonyl (C=O) groups excluding carboxylic acids is 2. The third kappa shape index (κ3) is 5.62. The highest BCUT2D eigenvalue weighted by atomic mass is 35.5. The Balaban J connectivity index is 2.11. The molecule has 0 aliphatic heterocycles. The van der Waals surface area contributed by atoms with Gasteiger partial charge in [-0.2, -0.15) is 13.2 Å². The van der Waals surface area contributed by atoms with Gasteiger partial charge in [-0.05, 0) is 24.3 Å². The summed E-state index contributed by atoms with van der Waals surface area (Å²) < 4.78 is 36.3. The molecule has 5 nitrogen and oxygen atoms in total. The van der Waals surface area contributed by atoms with Crippen LogP contribution in [0.4, 0.5) is 18.9 Å². The highest BCUT2D eigenvalue weighted by Gasteiger charge is 2.28. The van der Waals surface area contributed by atoms with Gasteiger partial charge in [0.2, 0.25) is 0 Å². The van der Waals surface area contributed by atoms with Crippen LogP contribution >= 0.6 is 46.4 Å². The number of benzene rings is 1. The molecule has 0 fully saturated rings. The molecule has 144 valence electrons. The molecule has 0 saturated carbocycles. The molecule has 2 rings (SSSR count). The lowest BCUT2D eigenvalue weighted by atomic mass is 10.2. The lowest BCUT2D eigenvalue weighted by Gasteiger charge is -2.10. The molecule has 2 amide bonds. The molecule has 2 N–H and O–H groups in total. The molecule has 0 aliphatic rings. The molecule has 0 aliphatic carbocycles. The second-order valence-corrected chi connectivity index (χ2v) is 6.51. The summed E-state index contributed by atoms with van der Waals surface area (Å²) in [5.41, 5.74) is -0.0681. The van der Waals surface area contributed by atoms with Crippen LogP contribution in [0.15, 0.2) is 24.3 Å². The maximum atomic E-state index is 12.3. The molecule has 0 spiro atoms. The SMILES string of the molecule is O=C(NCC(F)(F)F)c1ccc(NC(=O)c2nc(Cl)c(Cl)c(Cl)c2Cl)cc1. The summed E-state index contributed by atoms with van der Waals surface area (Å²) in [6.45, 7) is -1.45. The molecule has 1 aromatic carbocycles. The van der Waals surface area contributed by atoms with E-state index in [0.717, 1.165) is 0 Å². The number of rotatable bonds is 4. The van der Waals surface area contributed by atoms with E-state index in [1.807, 2.05) is 0 Å². The Morgan fingerprint density at radius 2 is 1.52 bits per heavy atom. The van der Waals surface area contributed by atoms with Gasteiger partial charge in [-0.25, -0.2) is 4.98 Å². The van der Waals surface area contributed by atoms with Crippen LogP contribution in [0.1, 0.15) is 20.8 Å². The van der Waals surface area contributed by atoms with Crippen molar-refractivity contribution in [1.82, 2.24) is 10.3 Å². The minimum atomic E-state index is -4.52. The predicted molar refractivity (Wildman–Crippen MR) is 97.1 cm³/mol. The molecule has 12 heteroatoms. The number of pyridine rings is 1. The Hall–Kier alpha value is -1.74. The van der Waals surface area contributed by atoms with E-state index in [2.05, 4.69) is 10.3 Å². The van der Waals surface area contributed by atoms with Crippen molar-refractivity contribution in [2.75, 3.05) is 11.9 Å². The van der Waals surface area contributed by atoms with Crippen molar-refractivity contribution in [2.24, 2.45) is 0 Å². The third-order valence-corrected chi connectivity index (χ3v) is 4.73. The zero-order valence-corrected chi connectivity index (χ0v) is 15.9. The van der Waals surface area contributed by atoms with Crippen LogP contribution in [0, 0.1) is 0 Å². The van der Waals surface area contributed by atoms with Crippen molar-refractivity contribution in [1.29, 1.82) is 0 Å². The number of halogens is 7. The summed E-state index contributed by atoms with van der Waals surface area (Å²) in [5, 5.41) is 3.51. The monoisotopic (exact) mass is 459 g/mol. The summed E-state index contributed by atoms with van der Waals surface area (Å²) >= 11 is 23.3. The molecular formula is C15H8Cl4F3N3O2. The minimum Gasteiger partial charge on any atom is -0.343 e. The summed E-state index contributed by atoms with van der Waals surface area (Å²) in [7, 11) is 0. The summed E-state index contributed by atoms with van der Waals surface area (Å²) in [6.07, 6.45) is -4.52. The second kappa shape index (κ2) is 8.52. The Labute approximate surface area is 170 Å². The maximum Gasteiger partial charge on any atom is 0.405 e. The molecule has 0 saturated heterocycles. The summed E-state index contributed by atoms with van der Waals surface area (Å²) in [4.78, 5) is 27.6. The largest absolute Gasteiger partial charge is 0.405 e. The molecule has 0 atom stereocenters. The van der Waals surface area contributed by atoms with Gasteiger partial charge in [0.05, 0.1) is 15.1 Å². The lowest BCUT2D eigenvalue weighted by molar-refractivity contribution is -0.123. The number of carbonyl (C=O) groups is 2. The van der Waals surface area contributed by atoms with Gasteiger partial charge in [0, 0.05) is 11.3 Å². The summed E-state index contributed by atoms with van der Waals surface area (Å²) in [6, 6.07) is 5.09. The van der Waals surface area contributed by atoms with E-state index in [4.69, 9.17) is 46.4 Å². The number of nitrogens with zero attached hydrogens (tertiary/aromatic N) is 1. The Morgan fingerprint density at radius 1 is 0.926 bits per heavy atom. The van der Waals surface area contributed by atoms with E-state index >= 15 is 0 Å². The van der Waals surface area contributed by atoms with Gasteiger partial charge in [-0.15, -0.1) is 0 Å². The molecule has 1 aromatic heterocycles. The van der Waals surface area contributed by atoms with E-state index in [-0.39, 0.29) is 37.2 Å². The van der Waals surface area contributed by atoms with Crippen molar-refractivity contribution in [2.45, 2.75) is 6.18 Å². The van der Waals surface area contributed by atoms with Crippen LogP contribution in [0.3, 0.4) is 0 Å². The highest BCUT2D eigenvalue weighted by molar-refractivity contribution is 6.52. The normalized spacial score (nSPS) is 11.2. The average molecular weight is 461 g/mol. The highest BCUT2D eigenvalue weighted by Crippen LogP contribution is 2.36. The van der Waals surface area contributed by atoms with Gasteiger partial charge < -0.3 is 10.6 Å². The Bertz CT molecular complexity index is 889. The zero-order valence-electron chi connectivity index (χ0n) is 12.9. The van der Waals surface area contributed by atoms with Crippen molar-refractivity contribution in [3.8, 4) is 0 Å². The average Bonchev–Trinajstić information content (AvgIpc) is 2.60. The quantitative estimate of drug-likeness (QED) is 0.613. The predicted octanol–water partition coefficient (Wildman–Crippen LogP) is 5.24. The van der Waals surface area contributed by atoms with Crippen LogP contribution in [0.25, 0.3) is 0 Å². The van der Waals surface area contributed by atoms with E-state index in [1.165, 1.54) is 24.3 Å². The fraction of sp³-hybridized carbons (Fsp3) is 0.133. The van der Waals surface area contributed by atoms with Gasteiger partial charge in [0.25, 0.3) is 11.8 Å². The van der Waals surface area contributed by atoms with Crippen molar-refractivity contribution < 1.29 is 22.8 Å². The van der Waals surface area contributed by atoms with Crippen LogP contribution in [-0.2, 0) is 0 Å². The number of aromatic nitrogens is 1. The first-order chi connectivity index (χ1) is 12.5. The zero-order chi connectivity index (χ0) is 20.4. The molecule has 0 radical (unpaired) electrons. The Kier molecular flexibility index (Phi) is 6.80. The molecule has 1 heterocycles. The van der Waals surface area contributed by atoms with E-state index in [0.29, 0.717) is 0 Å². The number of nitrogens with one attached hydrogen (secondary N) is 2. The fourth-order valence-electron chi connectivity index (χ4n) is 1.82. The van der Waals surface area contributed by atoms with Crippen LogP contribution < -0.4 is 10.6 Å². The standard InChI is InChI=1S/C15H8Cl4F3N3O2/c16-8-9(17)11(25-12(19)10(8)18)14(27)24-7-3-1-6(2-4-7)13(26)23-5-15(20,21)22/h1-4H,5H2,(H,23,26)(H,24,27). The molecule has 2 aromatic rings. The first-order valence-electron chi connectivity index (χ1n) is 6.96. The Morgan fingerprint density at radius 3 is 2.07 bits per heavy atom. The number of amides is 2. The minimum absolute atomic E-state index is 0.0222. The smallest absolute Gasteiger partial charge is 0.343 e. The van der Waals surface area contributed by atoms with Gasteiger partial charge in [0.1, 0.15) is 17.4 Å². The topological polar surface area (TPSA) is 71.1 Å². The van der Waals surface area contributed by atoms with E-state index in [1.54, 1.807) is 5.32 Å². The molecule has 0 unspecified atom stereocenters. The first kappa shape index (κ1) is 21.6. The van der Waals surface area contributed by atoms with Crippen molar-refractivity contribution in [3.63, 3.8) is 0 Å². The van der Waals surface area contributed by atoms with Crippen LogP contribution in [0.5, 0.6) is 0 Å². The maximum absolute atomic E-state index is 12.3. The van der Waals surface area contributed by atoms with Gasteiger partial charge in [-0.3, -0.25) is 9.59 Å². The number of alkyl halides is 3. The lowest BCUT2D eigenvalue weighted by Crippen LogP contribution is -2.33. The fourth-order valence-corrected chi connectivity index (χ4v) is 2.63. The van der Waals surface area contributed by atoms with Gasteiger partial charge in [0.15, 0.2) is 0 Å². The number of hydrogen-bond donors (Lipinski definition) is 2. The van der Waals surface area contributed by atoms with E-state index in [9.17, 15) is 22.8 Å². The van der Waals surface area contributed by atoms with Gasteiger partial charge in [-0.1, -0.05) is 46.4 Å². The molecule has 27 heavy (non-hydrogen) atoms. The summed E-state index contributed by atoms with van der Waals surface area (Å²) in [5.74, 6) is -1.67. The van der Waals surface area contributed by atoms with Crippen LogP contribution in [0.2, 0.25) is 20.2 Å². The third-order valence-electron chi connectivity index (χ3n) is 3.05. The molecule has 0 bridgehead atoms. The van der Waals surface area contributed by atoms with Crippen molar-refractivity contribution in [3.05, 3.63) is 55.7 Å². The molecular weight excluding hydrogens is 453 g/mol. The first-order valence-corrected chi connectivity index (χ1v) is 8.47. The number of anilines is 1. The van der Waals surface area contributed by atoms with Crippen molar-refractivity contribution >= 4 is 63.9 Å². The van der Waals surface area contributed by atoms with E-state index < -0.39 is 24.5 Å². The van der Waals surface area contributed by atoms with Crippen LogP contribution in [-0.4, -0.2) is 29.5 Å².